The van der Waals surface area contributed by atoms with Gasteiger partial charge in [-0.1, -0.05) is 0 Å². The van der Waals surface area contributed by atoms with Crippen LogP contribution in [0.2, 0.25) is 0 Å². The molecule has 0 aliphatic carbocycles. The quantitative estimate of drug-likeness (QED) is 0.605. The van der Waals surface area contributed by atoms with Crippen LogP contribution < -0.4 is 10.9 Å². The van der Waals surface area contributed by atoms with Crippen molar-refractivity contribution in [2.75, 3.05) is 13.1 Å². The van der Waals surface area contributed by atoms with Gasteiger partial charge in [0.15, 0.2) is 0 Å². The number of rotatable bonds is 5. The minimum Gasteiger partial charge on any atom is -0.330 e. The highest BCUT2D eigenvalue weighted by atomic mass is 32.2. The first-order valence-electron chi connectivity index (χ1n) is 3.89. The standard InChI is InChI=1S/C6H17N3O2S/c1-6(2)9(5-3-4-7)12(8,10)11/h6H,3-5,7H2,1-2H3,(H2,8,10,11). The van der Waals surface area contributed by atoms with Crippen molar-refractivity contribution in [3.63, 3.8) is 0 Å². The van der Waals surface area contributed by atoms with Crippen molar-refractivity contribution in [1.82, 2.24) is 4.31 Å². The van der Waals surface area contributed by atoms with E-state index in [9.17, 15) is 8.42 Å². The maximum atomic E-state index is 10.9. The lowest BCUT2D eigenvalue weighted by atomic mass is 10.3. The lowest BCUT2D eigenvalue weighted by Crippen LogP contribution is -2.42. The second kappa shape index (κ2) is 4.76. The summed E-state index contributed by atoms with van der Waals surface area (Å²) in [7, 11) is -3.56. The zero-order valence-electron chi connectivity index (χ0n) is 7.53. The first-order valence-corrected chi connectivity index (χ1v) is 5.39. The van der Waals surface area contributed by atoms with Gasteiger partial charge in [0.1, 0.15) is 0 Å². The fraction of sp³-hybridized carbons (Fsp3) is 1.00. The van der Waals surface area contributed by atoms with Crippen molar-refractivity contribution >= 4 is 10.2 Å². The molecule has 12 heavy (non-hydrogen) atoms. The van der Waals surface area contributed by atoms with E-state index in [2.05, 4.69) is 0 Å². The van der Waals surface area contributed by atoms with Crippen molar-refractivity contribution in [1.29, 1.82) is 0 Å². The van der Waals surface area contributed by atoms with E-state index >= 15 is 0 Å². The second-order valence-corrected chi connectivity index (χ2v) is 4.39. The van der Waals surface area contributed by atoms with Gasteiger partial charge in [0, 0.05) is 12.6 Å². The molecule has 0 aromatic heterocycles. The van der Waals surface area contributed by atoms with Gasteiger partial charge in [-0.15, -0.1) is 0 Å². The summed E-state index contributed by atoms with van der Waals surface area (Å²) in [5, 5.41) is 4.98. The first kappa shape index (κ1) is 11.8. The third-order valence-corrected chi connectivity index (χ3v) is 2.74. The molecule has 0 atom stereocenters. The van der Waals surface area contributed by atoms with Crippen LogP contribution in [0.15, 0.2) is 0 Å². The van der Waals surface area contributed by atoms with Crippen LogP contribution in [0.4, 0.5) is 0 Å². The molecule has 0 amide bonds. The highest BCUT2D eigenvalue weighted by Gasteiger charge is 2.19. The number of nitrogens with two attached hydrogens (primary N) is 2. The van der Waals surface area contributed by atoms with E-state index < -0.39 is 10.2 Å². The lowest BCUT2D eigenvalue weighted by molar-refractivity contribution is 0.351. The molecule has 0 rings (SSSR count). The fourth-order valence-corrected chi connectivity index (χ4v) is 1.90. The van der Waals surface area contributed by atoms with Crippen molar-refractivity contribution < 1.29 is 8.42 Å². The van der Waals surface area contributed by atoms with Gasteiger partial charge in [0.25, 0.3) is 10.2 Å². The molecule has 0 radical (unpaired) electrons. The summed E-state index contributed by atoms with van der Waals surface area (Å²) >= 11 is 0. The predicted octanol–water partition coefficient (Wildman–Crippen LogP) is -0.751. The molecule has 0 saturated heterocycles. The van der Waals surface area contributed by atoms with Crippen LogP contribution in [0.5, 0.6) is 0 Å². The van der Waals surface area contributed by atoms with Gasteiger partial charge in [-0.25, -0.2) is 5.14 Å². The molecule has 0 heterocycles. The molecular formula is C6H17N3O2S. The molecule has 0 aliphatic heterocycles. The van der Waals surface area contributed by atoms with Gasteiger partial charge in [0.2, 0.25) is 0 Å². The van der Waals surface area contributed by atoms with E-state index in [1.165, 1.54) is 4.31 Å². The molecule has 0 aromatic rings. The fourth-order valence-electron chi connectivity index (χ4n) is 0.926. The highest BCUT2D eigenvalue weighted by molar-refractivity contribution is 7.86. The van der Waals surface area contributed by atoms with E-state index in [1.54, 1.807) is 13.8 Å². The van der Waals surface area contributed by atoms with Gasteiger partial charge in [-0.3, -0.25) is 0 Å². The highest BCUT2D eigenvalue weighted by Crippen LogP contribution is 2.02. The van der Waals surface area contributed by atoms with E-state index in [0.29, 0.717) is 19.5 Å². The maximum Gasteiger partial charge on any atom is 0.277 e. The third-order valence-electron chi connectivity index (χ3n) is 1.49. The third kappa shape index (κ3) is 4.01. The summed E-state index contributed by atoms with van der Waals surface area (Å²) in [6, 6.07) is -0.105. The summed E-state index contributed by atoms with van der Waals surface area (Å²) in [5.41, 5.74) is 5.26. The molecule has 0 spiro atoms. The number of nitrogens with zero attached hydrogens (tertiary/aromatic N) is 1. The molecule has 74 valence electrons. The zero-order valence-corrected chi connectivity index (χ0v) is 8.34. The van der Waals surface area contributed by atoms with E-state index in [0.717, 1.165) is 0 Å². The van der Waals surface area contributed by atoms with Crippen molar-refractivity contribution in [3.8, 4) is 0 Å². The predicted molar refractivity (Wildman–Crippen MR) is 48.6 cm³/mol. The average Bonchev–Trinajstić information content (AvgIpc) is 1.84. The molecule has 0 unspecified atom stereocenters. The Labute approximate surface area is 73.9 Å². The van der Waals surface area contributed by atoms with E-state index in [4.69, 9.17) is 10.9 Å². The van der Waals surface area contributed by atoms with Crippen LogP contribution in [-0.4, -0.2) is 31.9 Å². The summed E-state index contributed by atoms with van der Waals surface area (Å²) in [4.78, 5) is 0. The minimum absolute atomic E-state index is 0.105. The molecule has 6 heteroatoms. The summed E-state index contributed by atoms with van der Waals surface area (Å²) in [5.74, 6) is 0. The van der Waals surface area contributed by atoms with Crippen LogP contribution >= 0.6 is 0 Å². The van der Waals surface area contributed by atoms with Gasteiger partial charge in [-0.2, -0.15) is 12.7 Å². The Hall–Kier alpha value is -0.170. The smallest absolute Gasteiger partial charge is 0.277 e. The molecule has 0 aliphatic rings. The largest absolute Gasteiger partial charge is 0.330 e. The van der Waals surface area contributed by atoms with Crippen LogP contribution in [-0.2, 0) is 10.2 Å². The minimum atomic E-state index is -3.56. The molecule has 0 aromatic carbocycles. The Morgan fingerprint density at radius 3 is 2.17 bits per heavy atom. The molecule has 0 saturated carbocycles. The Kier molecular flexibility index (Phi) is 4.69. The number of hydrogen-bond acceptors (Lipinski definition) is 3. The van der Waals surface area contributed by atoms with Crippen LogP contribution in [0.1, 0.15) is 20.3 Å². The Morgan fingerprint density at radius 1 is 1.42 bits per heavy atom. The topological polar surface area (TPSA) is 89.4 Å². The Bertz CT molecular complexity index is 213. The SMILES string of the molecule is CC(C)N(CCCN)S(N)(=O)=O. The molecule has 0 fully saturated rings. The van der Waals surface area contributed by atoms with Gasteiger partial charge < -0.3 is 5.73 Å². The Balaban J connectivity index is 4.26. The van der Waals surface area contributed by atoms with Crippen molar-refractivity contribution in [2.24, 2.45) is 10.9 Å². The lowest BCUT2D eigenvalue weighted by Gasteiger charge is -2.22. The average molecular weight is 195 g/mol. The maximum absolute atomic E-state index is 10.9. The summed E-state index contributed by atoms with van der Waals surface area (Å²) in [6.07, 6.45) is 0.634. The van der Waals surface area contributed by atoms with Gasteiger partial charge in [0.05, 0.1) is 0 Å². The van der Waals surface area contributed by atoms with Crippen molar-refractivity contribution in [3.05, 3.63) is 0 Å². The summed E-state index contributed by atoms with van der Waals surface area (Å²) in [6.45, 7) is 4.42. The van der Waals surface area contributed by atoms with Gasteiger partial charge in [-0.05, 0) is 26.8 Å². The van der Waals surface area contributed by atoms with Crippen molar-refractivity contribution in [2.45, 2.75) is 26.3 Å². The monoisotopic (exact) mass is 195 g/mol. The van der Waals surface area contributed by atoms with Crippen LogP contribution in [0.3, 0.4) is 0 Å². The molecule has 5 nitrogen and oxygen atoms in total. The molecular weight excluding hydrogens is 178 g/mol. The second-order valence-electron chi connectivity index (χ2n) is 2.89. The van der Waals surface area contributed by atoms with E-state index in [-0.39, 0.29) is 6.04 Å². The van der Waals surface area contributed by atoms with E-state index in [1.807, 2.05) is 0 Å². The molecule has 4 N–H and O–H groups in total. The molecule has 0 bridgehead atoms. The van der Waals surface area contributed by atoms with Gasteiger partial charge >= 0.3 is 0 Å². The number of hydrogen-bond donors (Lipinski definition) is 2. The van der Waals surface area contributed by atoms with Crippen LogP contribution in [0, 0.1) is 0 Å². The normalized spacial score (nSPS) is 12.8. The first-order chi connectivity index (χ1) is 5.39. The van der Waals surface area contributed by atoms with Crippen LogP contribution in [0.25, 0.3) is 0 Å². The zero-order chi connectivity index (χ0) is 9.78. The Morgan fingerprint density at radius 2 is 1.92 bits per heavy atom. The summed E-state index contributed by atoms with van der Waals surface area (Å²) < 4.78 is 23.1.